The predicted octanol–water partition coefficient (Wildman–Crippen LogP) is 0.890. The Labute approximate surface area is 121 Å². The number of rotatable bonds is 6. The zero-order valence-electron chi connectivity index (χ0n) is 11.2. The molecule has 7 heteroatoms. The Bertz CT molecular complexity index is 469. The van der Waals surface area contributed by atoms with Gasteiger partial charge in [-0.05, 0) is 31.8 Å². The Morgan fingerprint density at radius 1 is 1.55 bits per heavy atom. The van der Waals surface area contributed by atoms with E-state index in [-0.39, 0.29) is 11.6 Å². The molecule has 110 valence electrons. The molecule has 2 rings (SSSR count). The van der Waals surface area contributed by atoms with Crippen molar-refractivity contribution < 1.29 is 14.7 Å². The first kappa shape index (κ1) is 14.9. The van der Waals surface area contributed by atoms with Crippen molar-refractivity contribution in [2.75, 3.05) is 19.6 Å². The number of hydrogen-bond donors (Lipinski definition) is 3. The Hall–Kier alpha value is -1.47. The fraction of sp³-hybridized carbons (Fsp3) is 0.615. The molecule has 3 N–H and O–H groups in total. The molecule has 1 saturated heterocycles. The second-order valence-corrected chi connectivity index (χ2v) is 5.89. The van der Waals surface area contributed by atoms with E-state index in [1.165, 1.54) is 16.7 Å². The molecule has 1 amide bonds. The maximum Gasteiger partial charge on any atom is 0.355 e. The lowest BCUT2D eigenvalue weighted by molar-refractivity contribution is -0.122. The number of nitrogens with one attached hydrogen (secondary N) is 2. The molecule has 1 aromatic rings. The lowest BCUT2D eigenvalue weighted by Crippen LogP contribution is -2.34. The first-order valence-corrected chi connectivity index (χ1v) is 7.68. The van der Waals surface area contributed by atoms with Crippen LogP contribution in [0.25, 0.3) is 0 Å². The number of piperidine rings is 1. The smallest absolute Gasteiger partial charge is 0.355 e. The standard InChI is InChI=1S/C13H19N3O3S/c17-11(6-9-2-1-4-14-7-9)15-5-3-12-16-10(8-20-12)13(18)19/h8-9,14H,1-7H2,(H,15,17)(H,18,19). The number of carboxylic acid groups (broad SMARTS) is 1. The van der Waals surface area contributed by atoms with E-state index in [0.29, 0.717) is 25.3 Å². The van der Waals surface area contributed by atoms with Crippen LogP contribution < -0.4 is 10.6 Å². The summed E-state index contributed by atoms with van der Waals surface area (Å²) in [5.41, 5.74) is 0.0737. The summed E-state index contributed by atoms with van der Waals surface area (Å²) in [6, 6.07) is 0. The van der Waals surface area contributed by atoms with Crippen molar-refractivity contribution in [3.63, 3.8) is 0 Å². The molecule has 20 heavy (non-hydrogen) atoms. The van der Waals surface area contributed by atoms with Gasteiger partial charge in [-0.25, -0.2) is 9.78 Å². The van der Waals surface area contributed by atoms with Crippen LogP contribution in [0.3, 0.4) is 0 Å². The van der Waals surface area contributed by atoms with Crippen LogP contribution in [-0.2, 0) is 11.2 Å². The van der Waals surface area contributed by atoms with Crippen molar-refractivity contribution in [1.82, 2.24) is 15.6 Å². The molecule has 1 aromatic heterocycles. The van der Waals surface area contributed by atoms with E-state index in [9.17, 15) is 9.59 Å². The first-order valence-electron chi connectivity index (χ1n) is 6.80. The van der Waals surface area contributed by atoms with Gasteiger partial charge in [-0.1, -0.05) is 0 Å². The van der Waals surface area contributed by atoms with Gasteiger partial charge in [0.05, 0.1) is 5.01 Å². The molecule has 1 aliphatic heterocycles. The van der Waals surface area contributed by atoms with E-state index in [0.717, 1.165) is 30.9 Å². The highest BCUT2D eigenvalue weighted by molar-refractivity contribution is 7.09. The number of carbonyl (C=O) groups excluding carboxylic acids is 1. The minimum atomic E-state index is -1.01. The lowest BCUT2D eigenvalue weighted by Gasteiger charge is -2.21. The quantitative estimate of drug-likeness (QED) is 0.725. The summed E-state index contributed by atoms with van der Waals surface area (Å²) in [7, 11) is 0. The summed E-state index contributed by atoms with van der Waals surface area (Å²) in [5.74, 6) is -0.516. The molecule has 1 aliphatic rings. The number of carbonyl (C=O) groups is 2. The Balaban J connectivity index is 1.66. The molecule has 0 aliphatic carbocycles. The molecule has 1 unspecified atom stereocenters. The van der Waals surface area contributed by atoms with Gasteiger partial charge in [-0.15, -0.1) is 11.3 Å². The van der Waals surface area contributed by atoms with E-state index in [2.05, 4.69) is 15.6 Å². The minimum Gasteiger partial charge on any atom is -0.476 e. The largest absolute Gasteiger partial charge is 0.476 e. The maximum absolute atomic E-state index is 11.8. The molecule has 1 fully saturated rings. The van der Waals surface area contributed by atoms with Crippen LogP contribution in [0.4, 0.5) is 0 Å². The summed E-state index contributed by atoms with van der Waals surface area (Å²) >= 11 is 1.31. The highest BCUT2D eigenvalue weighted by atomic mass is 32.1. The van der Waals surface area contributed by atoms with Crippen molar-refractivity contribution in [2.24, 2.45) is 5.92 Å². The summed E-state index contributed by atoms with van der Waals surface area (Å²) < 4.78 is 0. The summed E-state index contributed by atoms with van der Waals surface area (Å²) in [4.78, 5) is 26.4. The number of nitrogens with zero attached hydrogens (tertiary/aromatic N) is 1. The van der Waals surface area contributed by atoms with Gasteiger partial charge in [0.25, 0.3) is 0 Å². The number of aromatic carboxylic acids is 1. The highest BCUT2D eigenvalue weighted by Crippen LogP contribution is 2.14. The van der Waals surface area contributed by atoms with Gasteiger partial charge in [-0.3, -0.25) is 4.79 Å². The van der Waals surface area contributed by atoms with Crippen molar-refractivity contribution in [3.05, 3.63) is 16.1 Å². The topological polar surface area (TPSA) is 91.3 Å². The van der Waals surface area contributed by atoms with Crippen LogP contribution in [-0.4, -0.2) is 41.6 Å². The van der Waals surface area contributed by atoms with Crippen LogP contribution in [0, 0.1) is 5.92 Å². The number of amides is 1. The van der Waals surface area contributed by atoms with E-state index in [1.54, 1.807) is 0 Å². The van der Waals surface area contributed by atoms with Crippen molar-refractivity contribution in [2.45, 2.75) is 25.7 Å². The predicted molar refractivity (Wildman–Crippen MR) is 76.0 cm³/mol. The van der Waals surface area contributed by atoms with Gasteiger partial charge < -0.3 is 15.7 Å². The average Bonchev–Trinajstić information content (AvgIpc) is 2.89. The van der Waals surface area contributed by atoms with Crippen LogP contribution in [0.5, 0.6) is 0 Å². The molecule has 0 aromatic carbocycles. The van der Waals surface area contributed by atoms with Crippen molar-refractivity contribution in [1.29, 1.82) is 0 Å². The maximum atomic E-state index is 11.8. The van der Waals surface area contributed by atoms with Crippen LogP contribution in [0.15, 0.2) is 5.38 Å². The molecule has 1 atom stereocenters. The third-order valence-electron chi connectivity index (χ3n) is 3.30. The second kappa shape index (κ2) is 7.35. The number of hydrogen-bond acceptors (Lipinski definition) is 5. The SMILES string of the molecule is O=C(CC1CCCNC1)NCCc1nc(C(=O)O)cs1. The third-order valence-corrected chi connectivity index (χ3v) is 4.21. The van der Waals surface area contributed by atoms with Crippen LogP contribution in [0.1, 0.15) is 34.8 Å². The minimum absolute atomic E-state index is 0.0636. The zero-order chi connectivity index (χ0) is 14.4. The number of aromatic nitrogens is 1. The number of thiazole rings is 1. The fourth-order valence-corrected chi connectivity index (χ4v) is 3.04. The van der Waals surface area contributed by atoms with Gasteiger partial charge >= 0.3 is 5.97 Å². The van der Waals surface area contributed by atoms with Crippen LogP contribution in [0.2, 0.25) is 0 Å². The molecule has 0 bridgehead atoms. The normalized spacial score (nSPS) is 18.7. The molecule has 0 radical (unpaired) electrons. The molecular weight excluding hydrogens is 278 g/mol. The fourth-order valence-electron chi connectivity index (χ4n) is 2.27. The molecule has 2 heterocycles. The lowest BCUT2D eigenvalue weighted by atomic mass is 9.96. The zero-order valence-corrected chi connectivity index (χ0v) is 12.0. The molecular formula is C13H19N3O3S. The van der Waals surface area contributed by atoms with Gasteiger partial charge in [0.2, 0.25) is 5.91 Å². The van der Waals surface area contributed by atoms with Crippen molar-refractivity contribution >= 4 is 23.2 Å². The molecule has 6 nitrogen and oxygen atoms in total. The Morgan fingerprint density at radius 2 is 2.40 bits per heavy atom. The van der Waals surface area contributed by atoms with E-state index in [1.807, 2.05) is 0 Å². The monoisotopic (exact) mass is 297 g/mol. The number of carboxylic acids is 1. The average molecular weight is 297 g/mol. The Morgan fingerprint density at radius 3 is 3.05 bits per heavy atom. The Kier molecular flexibility index (Phi) is 5.49. The summed E-state index contributed by atoms with van der Waals surface area (Å²) in [6.07, 6.45) is 3.38. The van der Waals surface area contributed by atoms with Gasteiger partial charge in [0.15, 0.2) is 5.69 Å². The first-order chi connectivity index (χ1) is 9.65. The van der Waals surface area contributed by atoms with Gasteiger partial charge in [-0.2, -0.15) is 0 Å². The highest BCUT2D eigenvalue weighted by Gasteiger charge is 2.16. The van der Waals surface area contributed by atoms with Gasteiger partial charge in [0, 0.05) is 24.8 Å². The summed E-state index contributed by atoms with van der Waals surface area (Å²) in [5, 5.41) is 17.2. The van der Waals surface area contributed by atoms with Crippen LogP contribution >= 0.6 is 11.3 Å². The molecule has 0 spiro atoms. The summed E-state index contributed by atoms with van der Waals surface area (Å²) in [6.45, 7) is 2.47. The molecule has 0 saturated carbocycles. The van der Waals surface area contributed by atoms with E-state index >= 15 is 0 Å². The van der Waals surface area contributed by atoms with E-state index in [4.69, 9.17) is 5.11 Å². The van der Waals surface area contributed by atoms with Gasteiger partial charge in [0.1, 0.15) is 0 Å². The van der Waals surface area contributed by atoms with Crippen molar-refractivity contribution in [3.8, 4) is 0 Å². The second-order valence-electron chi connectivity index (χ2n) is 4.95. The van der Waals surface area contributed by atoms with E-state index < -0.39 is 5.97 Å². The third kappa shape index (κ3) is 4.57.